The summed E-state index contributed by atoms with van der Waals surface area (Å²) in [6, 6.07) is 16.1. The highest BCUT2D eigenvalue weighted by atomic mass is 79.9. The molecule has 0 bridgehead atoms. The summed E-state index contributed by atoms with van der Waals surface area (Å²) in [5.74, 6) is 0.264. The molecule has 5 nitrogen and oxygen atoms in total. The third-order valence-corrected chi connectivity index (χ3v) is 5.83. The van der Waals surface area contributed by atoms with Gasteiger partial charge in [0.1, 0.15) is 5.75 Å². The molecular formula is C23H23Br2N3O2. The summed E-state index contributed by atoms with van der Waals surface area (Å²) in [5.41, 5.74) is 8.05. The van der Waals surface area contributed by atoms with Crippen LogP contribution in [0.3, 0.4) is 0 Å². The molecule has 0 aliphatic carbocycles. The van der Waals surface area contributed by atoms with Crippen LogP contribution in [0.2, 0.25) is 0 Å². The van der Waals surface area contributed by atoms with E-state index in [-0.39, 0.29) is 12.5 Å². The normalized spacial score (nSPS) is 11.1. The van der Waals surface area contributed by atoms with Crippen LogP contribution in [-0.4, -0.2) is 23.3 Å². The minimum atomic E-state index is -0.329. The van der Waals surface area contributed by atoms with Crippen molar-refractivity contribution in [2.75, 3.05) is 6.61 Å². The number of carbonyl (C=O) groups is 1. The maximum Gasteiger partial charge on any atom is 0.277 e. The molecule has 156 valence electrons. The molecule has 1 aromatic heterocycles. The van der Waals surface area contributed by atoms with Gasteiger partial charge in [0.2, 0.25) is 0 Å². The first-order valence-electron chi connectivity index (χ1n) is 9.57. The van der Waals surface area contributed by atoms with Crippen molar-refractivity contribution in [3.63, 3.8) is 0 Å². The third kappa shape index (κ3) is 5.40. The van der Waals surface area contributed by atoms with Gasteiger partial charge in [0, 0.05) is 27.1 Å². The van der Waals surface area contributed by atoms with Crippen LogP contribution >= 0.6 is 31.9 Å². The van der Waals surface area contributed by atoms with Gasteiger partial charge in [-0.25, -0.2) is 5.43 Å². The average Bonchev–Trinajstić information content (AvgIpc) is 3.00. The average molecular weight is 533 g/mol. The van der Waals surface area contributed by atoms with Crippen molar-refractivity contribution in [3.8, 4) is 11.4 Å². The molecule has 7 heteroatoms. The predicted molar refractivity (Wildman–Crippen MR) is 128 cm³/mol. The molecule has 0 fully saturated rings. The quantitative estimate of drug-likeness (QED) is 0.313. The second-order valence-electron chi connectivity index (χ2n) is 6.84. The van der Waals surface area contributed by atoms with E-state index in [1.807, 2.05) is 25.1 Å². The van der Waals surface area contributed by atoms with E-state index in [0.29, 0.717) is 5.75 Å². The Bertz CT molecular complexity index is 1070. The highest BCUT2D eigenvalue weighted by molar-refractivity contribution is 9.11. The summed E-state index contributed by atoms with van der Waals surface area (Å²) in [5, 5.41) is 4.09. The van der Waals surface area contributed by atoms with Gasteiger partial charge in [0.05, 0.1) is 10.7 Å². The van der Waals surface area contributed by atoms with Gasteiger partial charge in [-0.3, -0.25) is 4.79 Å². The molecule has 3 rings (SSSR count). The van der Waals surface area contributed by atoms with Crippen LogP contribution in [0, 0.1) is 13.8 Å². The summed E-state index contributed by atoms with van der Waals surface area (Å²) in [6.45, 7) is 6.12. The number of ether oxygens (including phenoxy) is 1. The van der Waals surface area contributed by atoms with E-state index in [0.717, 1.165) is 38.0 Å². The van der Waals surface area contributed by atoms with Crippen molar-refractivity contribution in [1.82, 2.24) is 9.99 Å². The zero-order valence-corrected chi connectivity index (χ0v) is 20.2. The van der Waals surface area contributed by atoms with Crippen LogP contribution in [0.1, 0.15) is 29.4 Å². The molecular weight excluding hydrogens is 510 g/mol. The summed E-state index contributed by atoms with van der Waals surface area (Å²) in [7, 11) is 0. The lowest BCUT2D eigenvalue weighted by Gasteiger charge is -2.10. The smallest absolute Gasteiger partial charge is 0.277 e. The van der Waals surface area contributed by atoms with Crippen LogP contribution in [0.4, 0.5) is 0 Å². The zero-order chi connectivity index (χ0) is 21.7. The topological polar surface area (TPSA) is 55.6 Å². The van der Waals surface area contributed by atoms with Gasteiger partial charge in [-0.05, 0) is 78.2 Å². The third-order valence-electron chi connectivity index (χ3n) is 4.72. The van der Waals surface area contributed by atoms with Gasteiger partial charge in [-0.15, -0.1) is 0 Å². The van der Waals surface area contributed by atoms with Crippen molar-refractivity contribution in [2.24, 2.45) is 5.10 Å². The first-order chi connectivity index (χ1) is 14.4. The monoisotopic (exact) mass is 531 g/mol. The molecule has 0 saturated carbocycles. The van der Waals surface area contributed by atoms with Crippen molar-refractivity contribution < 1.29 is 9.53 Å². The summed E-state index contributed by atoms with van der Waals surface area (Å²) in [4.78, 5) is 12.0. The number of hydrogen-bond acceptors (Lipinski definition) is 3. The number of nitrogens with one attached hydrogen (secondary N) is 1. The minimum absolute atomic E-state index is 0.125. The van der Waals surface area contributed by atoms with Gasteiger partial charge in [-0.2, -0.15) is 5.10 Å². The Labute approximate surface area is 193 Å². The molecule has 0 radical (unpaired) electrons. The van der Waals surface area contributed by atoms with Gasteiger partial charge >= 0.3 is 0 Å². The van der Waals surface area contributed by atoms with Crippen LogP contribution in [0.25, 0.3) is 5.69 Å². The Kier molecular flexibility index (Phi) is 7.50. The van der Waals surface area contributed by atoms with E-state index >= 15 is 0 Å². The van der Waals surface area contributed by atoms with Gasteiger partial charge in [0.15, 0.2) is 6.61 Å². The number of rotatable bonds is 7. The number of hydrogen-bond donors (Lipinski definition) is 1. The van der Waals surface area contributed by atoms with Gasteiger partial charge in [-0.1, -0.05) is 35.0 Å². The maximum absolute atomic E-state index is 12.0. The van der Waals surface area contributed by atoms with Crippen molar-refractivity contribution in [3.05, 3.63) is 80.0 Å². The zero-order valence-electron chi connectivity index (χ0n) is 17.1. The first-order valence-corrected chi connectivity index (χ1v) is 11.2. The fourth-order valence-corrected chi connectivity index (χ4v) is 4.30. The van der Waals surface area contributed by atoms with Crippen LogP contribution in [0.15, 0.2) is 62.6 Å². The molecule has 0 unspecified atom stereocenters. The lowest BCUT2D eigenvalue weighted by Crippen LogP contribution is -2.24. The van der Waals surface area contributed by atoms with E-state index in [1.165, 1.54) is 5.56 Å². The molecule has 2 aromatic carbocycles. The van der Waals surface area contributed by atoms with E-state index < -0.39 is 0 Å². The molecule has 0 aliphatic rings. The predicted octanol–water partition coefficient (Wildman–Crippen LogP) is 5.71. The summed E-state index contributed by atoms with van der Waals surface area (Å²) in [6.07, 6.45) is 2.68. The minimum Gasteiger partial charge on any atom is -0.483 e. The Morgan fingerprint density at radius 2 is 1.87 bits per heavy atom. The summed E-state index contributed by atoms with van der Waals surface area (Å²) >= 11 is 6.79. The Morgan fingerprint density at radius 3 is 2.53 bits per heavy atom. The van der Waals surface area contributed by atoms with Crippen LogP contribution in [0.5, 0.6) is 5.75 Å². The van der Waals surface area contributed by atoms with Gasteiger partial charge < -0.3 is 9.30 Å². The molecule has 30 heavy (non-hydrogen) atoms. The molecule has 0 saturated heterocycles. The number of benzene rings is 2. The molecule has 1 N–H and O–H groups in total. The number of amides is 1. The van der Waals surface area contributed by atoms with Crippen molar-refractivity contribution in [2.45, 2.75) is 27.2 Å². The molecule has 0 spiro atoms. The van der Waals surface area contributed by atoms with Crippen molar-refractivity contribution in [1.29, 1.82) is 0 Å². The highest BCUT2D eigenvalue weighted by Crippen LogP contribution is 2.28. The SMILES string of the molecule is CCc1ccc(-n2c(C)cc(/C=N/NC(=O)COc3ccc(Br)cc3Br)c2C)cc1. The van der Waals surface area contributed by atoms with E-state index in [9.17, 15) is 4.79 Å². The fourth-order valence-electron chi connectivity index (χ4n) is 3.14. The van der Waals surface area contributed by atoms with E-state index in [1.54, 1.807) is 12.3 Å². The first kappa shape index (κ1) is 22.3. The fraction of sp³-hybridized carbons (Fsp3) is 0.217. The van der Waals surface area contributed by atoms with E-state index in [2.05, 4.69) is 85.1 Å². The highest BCUT2D eigenvalue weighted by Gasteiger charge is 2.10. The maximum atomic E-state index is 12.0. The Morgan fingerprint density at radius 1 is 1.13 bits per heavy atom. The van der Waals surface area contributed by atoms with Gasteiger partial charge in [0.25, 0.3) is 5.91 Å². The molecule has 3 aromatic rings. The number of aromatic nitrogens is 1. The Balaban J connectivity index is 1.62. The Hall–Kier alpha value is -2.38. The largest absolute Gasteiger partial charge is 0.483 e. The van der Waals surface area contributed by atoms with E-state index in [4.69, 9.17) is 4.74 Å². The second-order valence-corrected chi connectivity index (χ2v) is 8.61. The standard InChI is InChI=1S/C23H23Br2N3O2/c1-4-17-5-8-20(9-6-17)28-15(2)11-18(16(28)3)13-26-27-23(29)14-30-22-10-7-19(24)12-21(22)25/h5-13H,4,14H2,1-3H3,(H,27,29)/b26-13+. The number of hydrazone groups is 1. The van der Waals surface area contributed by atoms with Crippen LogP contribution in [-0.2, 0) is 11.2 Å². The number of halogens is 2. The summed E-state index contributed by atoms with van der Waals surface area (Å²) < 4.78 is 9.40. The van der Waals surface area contributed by atoms with Crippen molar-refractivity contribution >= 4 is 44.0 Å². The second kappa shape index (κ2) is 10.1. The molecule has 0 atom stereocenters. The number of aryl methyl sites for hydroxylation is 2. The lowest BCUT2D eigenvalue weighted by molar-refractivity contribution is -0.123. The molecule has 0 aliphatic heterocycles. The lowest BCUT2D eigenvalue weighted by atomic mass is 10.1. The van der Waals surface area contributed by atoms with Crippen LogP contribution < -0.4 is 10.2 Å². The number of carbonyl (C=O) groups excluding carboxylic acids is 1. The molecule has 1 heterocycles. The number of nitrogens with zero attached hydrogens (tertiary/aromatic N) is 2. The molecule has 1 amide bonds.